The minimum absolute atomic E-state index is 0.936. The van der Waals surface area contributed by atoms with Crippen LogP contribution in [0.15, 0.2) is 28.9 Å². The van der Waals surface area contributed by atoms with Crippen molar-refractivity contribution in [3.8, 4) is 0 Å². The van der Waals surface area contributed by atoms with Crippen LogP contribution >= 0.6 is 15.9 Å². The summed E-state index contributed by atoms with van der Waals surface area (Å²) in [5.74, 6) is 0. The summed E-state index contributed by atoms with van der Waals surface area (Å²) in [6.07, 6.45) is 4.07. The third-order valence-corrected chi connectivity index (χ3v) is 2.50. The van der Waals surface area contributed by atoms with Crippen LogP contribution in [0, 0.1) is 0 Å². The monoisotopic (exact) mass is 209 g/mol. The lowest BCUT2D eigenvalue weighted by atomic mass is 10.1. The molecular weight excluding hydrogens is 202 g/mol. The standard InChI is InChI=1S/C9H8BrN/c10-9-3-1-2-7-6-11-5-4-8(7)9/h1-5,11H,6H2. The third-order valence-electron chi connectivity index (χ3n) is 1.80. The summed E-state index contributed by atoms with van der Waals surface area (Å²) < 4.78 is 1.17. The number of benzene rings is 1. The predicted molar refractivity (Wildman–Crippen MR) is 50.0 cm³/mol. The highest BCUT2D eigenvalue weighted by molar-refractivity contribution is 9.10. The second-order valence-electron chi connectivity index (χ2n) is 2.53. The number of nitrogens with one attached hydrogen (secondary N) is 1. The van der Waals surface area contributed by atoms with E-state index in [1.54, 1.807) is 0 Å². The van der Waals surface area contributed by atoms with Gasteiger partial charge in [-0.05, 0) is 29.5 Å². The van der Waals surface area contributed by atoms with E-state index in [9.17, 15) is 0 Å². The number of rotatable bonds is 0. The Hall–Kier alpha value is -0.760. The molecule has 1 aliphatic heterocycles. The quantitative estimate of drug-likeness (QED) is 0.693. The molecule has 1 nitrogen and oxygen atoms in total. The van der Waals surface area contributed by atoms with E-state index in [-0.39, 0.29) is 0 Å². The molecule has 11 heavy (non-hydrogen) atoms. The highest BCUT2D eigenvalue weighted by atomic mass is 79.9. The Balaban J connectivity index is 2.60. The van der Waals surface area contributed by atoms with Gasteiger partial charge in [0.15, 0.2) is 0 Å². The van der Waals surface area contributed by atoms with Gasteiger partial charge in [-0.2, -0.15) is 0 Å². The highest BCUT2D eigenvalue weighted by Gasteiger charge is 2.04. The molecule has 1 N–H and O–H groups in total. The average molecular weight is 210 g/mol. The van der Waals surface area contributed by atoms with Crippen molar-refractivity contribution >= 4 is 22.0 Å². The lowest BCUT2D eigenvalue weighted by Gasteiger charge is -2.12. The van der Waals surface area contributed by atoms with Gasteiger partial charge in [0.1, 0.15) is 0 Å². The summed E-state index contributed by atoms with van der Waals surface area (Å²) in [5, 5.41) is 3.17. The second kappa shape index (κ2) is 2.70. The molecular formula is C9H8BrN. The molecule has 0 amide bonds. The Kier molecular flexibility index (Phi) is 1.70. The maximum Gasteiger partial charge on any atom is 0.0401 e. The lowest BCUT2D eigenvalue weighted by Crippen LogP contribution is -2.09. The van der Waals surface area contributed by atoms with Crippen LogP contribution in [0.4, 0.5) is 0 Å². The van der Waals surface area contributed by atoms with E-state index in [0.717, 1.165) is 6.54 Å². The molecule has 1 aromatic carbocycles. The van der Waals surface area contributed by atoms with Crippen molar-refractivity contribution < 1.29 is 0 Å². The Bertz CT molecular complexity index is 304. The minimum Gasteiger partial charge on any atom is -0.387 e. The fraction of sp³-hybridized carbons (Fsp3) is 0.111. The predicted octanol–water partition coefficient (Wildman–Crippen LogP) is 2.52. The molecule has 0 aromatic heterocycles. The van der Waals surface area contributed by atoms with E-state index < -0.39 is 0 Å². The molecule has 56 valence electrons. The summed E-state index contributed by atoms with van der Waals surface area (Å²) >= 11 is 3.50. The molecule has 0 atom stereocenters. The van der Waals surface area contributed by atoms with E-state index in [0.29, 0.717) is 0 Å². The van der Waals surface area contributed by atoms with Crippen LogP contribution in [0.1, 0.15) is 11.1 Å². The normalized spacial score (nSPS) is 13.9. The van der Waals surface area contributed by atoms with E-state index in [1.807, 2.05) is 6.20 Å². The van der Waals surface area contributed by atoms with E-state index in [4.69, 9.17) is 0 Å². The maximum atomic E-state index is 3.50. The number of halogens is 1. The van der Waals surface area contributed by atoms with E-state index in [1.165, 1.54) is 15.6 Å². The van der Waals surface area contributed by atoms with Crippen molar-refractivity contribution in [1.29, 1.82) is 0 Å². The molecule has 1 aliphatic rings. The summed E-state index contributed by atoms with van der Waals surface area (Å²) in [7, 11) is 0. The molecule has 0 bridgehead atoms. The number of hydrogen-bond donors (Lipinski definition) is 1. The average Bonchev–Trinajstić information content (AvgIpc) is 2.06. The van der Waals surface area contributed by atoms with Gasteiger partial charge in [0, 0.05) is 11.0 Å². The van der Waals surface area contributed by atoms with Gasteiger partial charge in [0.2, 0.25) is 0 Å². The summed E-state index contributed by atoms with van der Waals surface area (Å²) in [5.41, 5.74) is 2.65. The fourth-order valence-corrected chi connectivity index (χ4v) is 1.77. The van der Waals surface area contributed by atoms with Crippen molar-refractivity contribution in [1.82, 2.24) is 5.32 Å². The van der Waals surface area contributed by atoms with Gasteiger partial charge in [-0.15, -0.1) is 0 Å². The molecule has 1 heterocycles. The molecule has 2 rings (SSSR count). The summed E-state index contributed by atoms with van der Waals surface area (Å²) in [6.45, 7) is 0.936. The van der Waals surface area contributed by atoms with Gasteiger partial charge in [-0.3, -0.25) is 0 Å². The molecule has 0 saturated carbocycles. The summed E-state index contributed by atoms with van der Waals surface area (Å²) in [4.78, 5) is 0. The zero-order chi connectivity index (χ0) is 7.68. The Labute approximate surface area is 74.2 Å². The second-order valence-corrected chi connectivity index (χ2v) is 3.38. The van der Waals surface area contributed by atoms with Crippen LogP contribution < -0.4 is 5.32 Å². The van der Waals surface area contributed by atoms with Crippen LogP contribution in [-0.4, -0.2) is 0 Å². The molecule has 0 spiro atoms. The molecule has 1 aromatic rings. The first kappa shape index (κ1) is 6.92. The van der Waals surface area contributed by atoms with Gasteiger partial charge in [-0.25, -0.2) is 0 Å². The van der Waals surface area contributed by atoms with Crippen molar-refractivity contribution in [3.63, 3.8) is 0 Å². The summed E-state index contributed by atoms with van der Waals surface area (Å²) in [6, 6.07) is 6.26. The van der Waals surface area contributed by atoms with Crippen molar-refractivity contribution in [3.05, 3.63) is 40.0 Å². The first-order chi connectivity index (χ1) is 5.38. The van der Waals surface area contributed by atoms with Crippen LogP contribution in [0.2, 0.25) is 0 Å². The van der Waals surface area contributed by atoms with Gasteiger partial charge in [0.25, 0.3) is 0 Å². The first-order valence-electron chi connectivity index (χ1n) is 3.55. The minimum atomic E-state index is 0.936. The number of hydrogen-bond acceptors (Lipinski definition) is 1. The van der Waals surface area contributed by atoms with Crippen LogP contribution in [0.5, 0.6) is 0 Å². The fourth-order valence-electron chi connectivity index (χ4n) is 1.23. The van der Waals surface area contributed by atoms with E-state index >= 15 is 0 Å². The maximum absolute atomic E-state index is 3.50. The van der Waals surface area contributed by atoms with Crippen molar-refractivity contribution in [2.75, 3.05) is 0 Å². The Morgan fingerprint density at radius 3 is 3.09 bits per heavy atom. The SMILES string of the molecule is Brc1cccc2c1C=CNC2. The first-order valence-corrected chi connectivity index (χ1v) is 4.34. The largest absolute Gasteiger partial charge is 0.387 e. The topological polar surface area (TPSA) is 12.0 Å². The third kappa shape index (κ3) is 1.18. The molecule has 0 saturated heterocycles. The smallest absolute Gasteiger partial charge is 0.0401 e. The van der Waals surface area contributed by atoms with Crippen molar-refractivity contribution in [2.24, 2.45) is 0 Å². The van der Waals surface area contributed by atoms with Crippen molar-refractivity contribution in [2.45, 2.75) is 6.54 Å². The van der Waals surface area contributed by atoms with E-state index in [2.05, 4.69) is 45.5 Å². The molecule has 0 radical (unpaired) electrons. The van der Waals surface area contributed by atoms with Gasteiger partial charge < -0.3 is 5.32 Å². The number of fused-ring (bicyclic) bond motifs is 1. The van der Waals surface area contributed by atoms with Crippen LogP contribution in [-0.2, 0) is 6.54 Å². The zero-order valence-corrected chi connectivity index (χ0v) is 7.56. The molecule has 2 heteroatoms. The lowest BCUT2D eigenvalue weighted by molar-refractivity contribution is 0.857. The molecule has 0 aliphatic carbocycles. The highest BCUT2D eigenvalue weighted by Crippen LogP contribution is 2.23. The Morgan fingerprint density at radius 1 is 1.36 bits per heavy atom. The van der Waals surface area contributed by atoms with Gasteiger partial charge >= 0.3 is 0 Å². The molecule has 0 fully saturated rings. The van der Waals surface area contributed by atoms with Gasteiger partial charge in [0.05, 0.1) is 0 Å². The van der Waals surface area contributed by atoms with Crippen LogP contribution in [0.3, 0.4) is 0 Å². The molecule has 0 unspecified atom stereocenters. The zero-order valence-electron chi connectivity index (χ0n) is 5.97. The van der Waals surface area contributed by atoms with Crippen LogP contribution in [0.25, 0.3) is 6.08 Å². The Morgan fingerprint density at radius 2 is 2.27 bits per heavy atom. The van der Waals surface area contributed by atoms with Gasteiger partial charge in [-0.1, -0.05) is 28.1 Å².